The molecular weight excluding hydrogens is 334 g/mol. The van der Waals surface area contributed by atoms with Crippen LogP contribution in [0.3, 0.4) is 0 Å². The van der Waals surface area contributed by atoms with Crippen molar-refractivity contribution in [1.29, 1.82) is 0 Å². The SMILES string of the molecule is CCCCCCCCCCCC(=O)Oc1ccc([N+](=O)[O-])cc1.[Ca+2].[H-].[H-]. The molecule has 1 rings (SSSR count). The Morgan fingerprint density at radius 1 is 1.00 bits per heavy atom. The third-order valence-corrected chi connectivity index (χ3v) is 3.76. The number of nitro groups is 1. The molecule has 0 amide bonds. The number of rotatable bonds is 12. The molecular formula is C18H29CaNO4. The van der Waals surface area contributed by atoms with Crippen molar-refractivity contribution in [2.24, 2.45) is 0 Å². The fraction of sp³-hybridized carbons (Fsp3) is 0.611. The first kappa shape index (κ1) is 23.3. The molecule has 0 heterocycles. The zero-order valence-corrected chi connectivity index (χ0v) is 16.9. The van der Waals surface area contributed by atoms with E-state index in [0.29, 0.717) is 12.2 Å². The van der Waals surface area contributed by atoms with E-state index in [-0.39, 0.29) is 52.2 Å². The van der Waals surface area contributed by atoms with Crippen molar-refractivity contribution in [3.8, 4) is 5.75 Å². The third-order valence-electron chi connectivity index (χ3n) is 3.76. The summed E-state index contributed by atoms with van der Waals surface area (Å²) in [5.41, 5.74) is -0.0104. The van der Waals surface area contributed by atoms with Crippen LogP contribution in [-0.2, 0) is 4.79 Å². The van der Waals surface area contributed by atoms with Gasteiger partial charge in [-0.3, -0.25) is 14.9 Å². The molecule has 24 heavy (non-hydrogen) atoms. The minimum absolute atomic E-state index is 0. The van der Waals surface area contributed by atoms with Crippen LogP contribution in [0, 0.1) is 10.1 Å². The van der Waals surface area contributed by atoms with Gasteiger partial charge in [0.05, 0.1) is 4.92 Å². The van der Waals surface area contributed by atoms with E-state index in [0.717, 1.165) is 19.3 Å². The van der Waals surface area contributed by atoms with E-state index in [4.69, 9.17) is 4.74 Å². The maximum Gasteiger partial charge on any atom is 2.00 e. The number of hydrogen-bond acceptors (Lipinski definition) is 4. The Kier molecular flexibility index (Phi) is 14.3. The number of esters is 1. The average Bonchev–Trinajstić information content (AvgIpc) is 2.54. The van der Waals surface area contributed by atoms with Gasteiger partial charge in [0.15, 0.2) is 0 Å². The number of unbranched alkanes of at least 4 members (excludes halogenated alkanes) is 8. The fourth-order valence-corrected chi connectivity index (χ4v) is 2.40. The largest absolute Gasteiger partial charge is 2.00 e. The van der Waals surface area contributed by atoms with Crippen LogP contribution >= 0.6 is 0 Å². The van der Waals surface area contributed by atoms with Gasteiger partial charge in [-0.05, 0) is 18.6 Å². The molecule has 0 bridgehead atoms. The molecule has 0 aliphatic heterocycles. The number of non-ortho nitro benzene ring substituents is 1. The van der Waals surface area contributed by atoms with Crippen molar-refractivity contribution in [3.05, 3.63) is 34.4 Å². The molecule has 132 valence electrons. The van der Waals surface area contributed by atoms with Gasteiger partial charge in [-0.25, -0.2) is 0 Å². The Morgan fingerprint density at radius 3 is 2.00 bits per heavy atom. The third kappa shape index (κ3) is 11.0. The second-order valence-corrected chi connectivity index (χ2v) is 5.80. The summed E-state index contributed by atoms with van der Waals surface area (Å²) in [6, 6.07) is 5.57. The Hall–Kier alpha value is -0.650. The average molecular weight is 364 g/mol. The molecule has 0 spiro atoms. The van der Waals surface area contributed by atoms with Crippen molar-refractivity contribution in [2.45, 2.75) is 71.1 Å². The van der Waals surface area contributed by atoms with Gasteiger partial charge in [-0.1, -0.05) is 58.3 Å². The number of nitrogens with zero attached hydrogens (tertiary/aromatic N) is 1. The first-order chi connectivity index (χ1) is 11.1. The van der Waals surface area contributed by atoms with Gasteiger partial charge in [0.25, 0.3) is 5.69 Å². The van der Waals surface area contributed by atoms with E-state index in [9.17, 15) is 14.9 Å². The minimum Gasteiger partial charge on any atom is -1.00 e. The van der Waals surface area contributed by atoms with Gasteiger partial charge < -0.3 is 7.59 Å². The molecule has 1 aromatic rings. The Balaban J connectivity index is -0.00000176. The van der Waals surface area contributed by atoms with Gasteiger partial charge in [-0.2, -0.15) is 0 Å². The molecule has 1 aromatic carbocycles. The van der Waals surface area contributed by atoms with Crippen LogP contribution < -0.4 is 4.74 Å². The van der Waals surface area contributed by atoms with E-state index in [2.05, 4.69) is 6.92 Å². The van der Waals surface area contributed by atoms with Crippen LogP contribution in [0.4, 0.5) is 5.69 Å². The van der Waals surface area contributed by atoms with Gasteiger partial charge in [0.1, 0.15) is 5.75 Å². The summed E-state index contributed by atoms with van der Waals surface area (Å²) >= 11 is 0. The van der Waals surface area contributed by atoms with E-state index < -0.39 is 4.92 Å². The molecule has 0 atom stereocenters. The molecule has 0 radical (unpaired) electrons. The number of carbonyl (C=O) groups excluding carboxylic acids is 1. The van der Waals surface area contributed by atoms with Crippen LogP contribution in [0.2, 0.25) is 0 Å². The predicted molar refractivity (Wildman–Crippen MR) is 98.6 cm³/mol. The number of nitro benzene ring substituents is 1. The van der Waals surface area contributed by atoms with E-state index in [1.54, 1.807) is 0 Å². The summed E-state index contributed by atoms with van der Waals surface area (Å²) in [5, 5.41) is 10.5. The number of carbonyl (C=O) groups is 1. The summed E-state index contributed by atoms with van der Waals surface area (Å²) in [6.45, 7) is 2.22. The van der Waals surface area contributed by atoms with Gasteiger partial charge in [-0.15, -0.1) is 0 Å². The maximum atomic E-state index is 11.7. The summed E-state index contributed by atoms with van der Waals surface area (Å²) in [4.78, 5) is 21.7. The summed E-state index contributed by atoms with van der Waals surface area (Å²) in [6.07, 6.45) is 11.2. The summed E-state index contributed by atoms with van der Waals surface area (Å²) in [7, 11) is 0. The van der Waals surface area contributed by atoms with E-state index in [1.807, 2.05) is 0 Å². The Morgan fingerprint density at radius 2 is 1.50 bits per heavy atom. The molecule has 5 nitrogen and oxygen atoms in total. The smallest absolute Gasteiger partial charge is 1.00 e. The van der Waals surface area contributed by atoms with Crippen molar-refractivity contribution in [1.82, 2.24) is 0 Å². The monoisotopic (exact) mass is 363 g/mol. The molecule has 0 saturated carbocycles. The predicted octanol–water partition coefficient (Wildman–Crippen LogP) is 5.27. The van der Waals surface area contributed by atoms with Crippen LogP contribution in [0.5, 0.6) is 5.75 Å². The first-order valence-corrected chi connectivity index (χ1v) is 8.58. The maximum absolute atomic E-state index is 11.7. The fourth-order valence-electron chi connectivity index (χ4n) is 2.40. The first-order valence-electron chi connectivity index (χ1n) is 8.58. The van der Waals surface area contributed by atoms with Crippen molar-refractivity contribution >= 4 is 49.4 Å². The Labute approximate surface area is 177 Å². The molecule has 0 aliphatic rings. The number of ether oxygens (including phenoxy) is 1. The zero-order valence-electron chi connectivity index (χ0n) is 16.7. The van der Waals surface area contributed by atoms with Crippen molar-refractivity contribution in [2.75, 3.05) is 0 Å². The number of benzene rings is 1. The van der Waals surface area contributed by atoms with Crippen molar-refractivity contribution in [3.63, 3.8) is 0 Å². The van der Waals surface area contributed by atoms with E-state index in [1.165, 1.54) is 62.8 Å². The molecule has 0 aliphatic carbocycles. The molecule has 0 aromatic heterocycles. The summed E-state index contributed by atoms with van der Waals surface area (Å²) in [5.74, 6) is 0.0818. The zero-order chi connectivity index (χ0) is 16.9. The van der Waals surface area contributed by atoms with Gasteiger partial charge in [0, 0.05) is 18.6 Å². The quantitative estimate of drug-likeness (QED) is 0.127. The molecule has 0 fully saturated rings. The molecule has 6 heteroatoms. The second-order valence-electron chi connectivity index (χ2n) is 5.80. The van der Waals surface area contributed by atoms with Gasteiger partial charge >= 0.3 is 43.7 Å². The molecule has 0 N–H and O–H groups in total. The van der Waals surface area contributed by atoms with Crippen LogP contribution in [0.1, 0.15) is 74.0 Å². The molecule has 0 saturated heterocycles. The topological polar surface area (TPSA) is 69.4 Å². The minimum atomic E-state index is -0.478. The standard InChI is InChI=1S/C18H27NO4.Ca.2H/c1-2-3-4-5-6-7-8-9-10-11-18(20)23-17-14-12-16(13-15-17)19(21)22;;;/h12-15H,2-11H2,1H3;;;/q;+2;2*-1. The summed E-state index contributed by atoms with van der Waals surface area (Å²) < 4.78 is 5.16. The van der Waals surface area contributed by atoms with Crippen LogP contribution in [-0.4, -0.2) is 48.6 Å². The van der Waals surface area contributed by atoms with Crippen molar-refractivity contribution < 1.29 is 17.3 Å². The van der Waals surface area contributed by atoms with E-state index >= 15 is 0 Å². The Bertz CT molecular complexity index is 487. The normalized spacial score (nSPS) is 10.0. The van der Waals surface area contributed by atoms with Crippen LogP contribution in [0.15, 0.2) is 24.3 Å². The molecule has 0 unspecified atom stereocenters. The van der Waals surface area contributed by atoms with Gasteiger partial charge in [0.2, 0.25) is 0 Å². The second kappa shape index (κ2) is 14.7. The number of hydrogen-bond donors (Lipinski definition) is 0. The van der Waals surface area contributed by atoms with Crippen LogP contribution in [0.25, 0.3) is 0 Å².